The Balaban J connectivity index is 1.62. The monoisotopic (exact) mass is 395 g/mol. The molecule has 124 valence electrons. The molecule has 0 radical (unpaired) electrons. The maximum absolute atomic E-state index is 12.2. The number of nitrogens with one attached hydrogen (secondary N) is 1. The van der Waals surface area contributed by atoms with Crippen LogP contribution >= 0.6 is 46.0 Å². The Morgan fingerprint density at radius 2 is 2.08 bits per heavy atom. The molecule has 1 amide bonds. The maximum atomic E-state index is 12.2. The highest BCUT2D eigenvalue weighted by Gasteiger charge is 2.16. The van der Waals surface area contributed by atoms with Crippen LogP contribution in [0.3, 0.4) is 0 Å². The topological polar surface area (TPSA) is 54.4 Å². The molecule has 0 aliphatic heterocycles. The molecule has 0 fully saturated rings. The summed E-state index contributed by atoms with van der Waals surface area (Å²) in [5.41, 5.74) is 4.31. The Morgan fingerprint density at radius 3 is 2.79 bits per heavy atom. The lowest BCUT2D eigenvalue weighted by Gasteiger charge is -2.07. The Hall–Kier alpha value is -1.41. The fraction of sp³-hybridized carbons (Fsp3) is 0.188. The summed E-state index contributed by atoms with van der Waals surface area (Å²) in [5.74, 6) is -0.152. The molecule has 0 bridgehead atoms. The van der Waals surface area contributed by atoms with E-state index in [2.05, 4.69) is 15.5 Å². The van der Waals surface area contributed by atoms with Crippen molar-refractivity contribution in [3.63, 3.8) is 0 Å². The third kappa shape index (κ3) is 4.16. The number of thioether (sulfide) groups is 1. The summed E-state index contributed by atoms with van der Waals surface area (Å²) in [6, 6.07) is 11.6. The fourth-order valence-electron chi connectivity index (χ4n) is 1.90. The standard InChI is InChI=1S/C16H14ClN3OS3/c1-9(12-7-8-14(17)23-12)19-20-15(21)10(2)22-16-18-11-5-3-4-6-13(11)24-16/h3-8,10H,1-2H3,(H,20,21)/b19-9-/t10-/m1/s1. The Labute approximate surface area is 156 Å². The van der Waals surface area contributed by atoms with Gasteiger partial charge in [-0.3, -0.25) is 4.79 Å². The molecule has 0 saturated heterocycles. The minimum atomic E-state index is -0.283. The van der Waals surface area contributed by atoms with Crippen LogP contribution in [-0.2, 0) is 4.79 Å². The number of hydrazone groups is 1. The number of benzene rings is 1. The van der Waals surface area contributed by atoms with Gasteiger partial charge in [-0.05, 0) is 38.1 Å². The van der Waals surface area contributed by atoms with Crippen LogP contribution in [0.1, 0.15) is 18.7 Å². The molecule has 4 nitrogen and oxygen atoms in total. The second-order valence-electron chi connectivity index (χ2n) is 4.98. The number of fused-ring (bicyclic) bond motifs is 1. The second kappa shape index (κ2) is 7.65. The summed E-state index contributed by atoms with van der Waals surface area (Å²) in [6.45, 7) is 3.69. The quantitative estimate of drug-likeness (QED) is 0.374. The number of amides is 1. The molecule has 1 N–H and O–H groups in total. The van der Waals surface area contributed by atoms with Crippen LogP contribution in [-0.4, -0.2) is 21.9 Å². The number of rotatable bonds is 5. The predicted octanol–water partition coefficient (Wildman–Crippen LogP) is 5.03. The zero-order chi connectivity index (χ0) is 17.1. The third-order valence-corrected chi connectivity index (χ3v) is 6.75. The third-order valence-electron chi connectivity index (χ3n) is 3.18. The zero-order valence-corrected chi connectivity index (χ0v) is 16.2. The van der Waals surface area contributed by atoms with Gasteiger partial charge in [-0.15, -0.1) is 22.7 Å². The van der Waals surface area contributed by atoms with Crippen LogP contribution in [0.15, 0.2) is 45.8 Å². The molecule has 0 saturated carbocycles. The molecule has 8 heteroatoms. The second-order valence-corrected chi connectivity index (χ2v) is 9.32. The number of para-hydroxylation sites is 1. The number of hydrogen-bond donors (Lipinski definition) is 1. The Kier molecular flexibility index (Phi) is 5.55. The van der Waals surface area contributed by atoms with Crippen molar-refractivity contribution in [1.29, 1.82) is 0 Å². The summed E-state index contributed by atoms with van der Waals surface area (Å²) in [7, 11) is 0. The van der Waals surface area contributed by atoms with Gasteiger partial charge in [0.1, 0.15) is 0 Å². The molecule has 3 rings (SSSR count). The molecular formula is C16H14ClN3OS3. The highest BCUT2D eigenvalue weighted by Crippen LogP contribution is 2.31. The molecule has 2 heterocycles. The number of halogens is 1. The SMILES string of the molecule is C/C(=N/NC(=O)[C@@H](C)Sc1nc2ccccc2s1)c1ccc(Cl)s1. The van der Waals surface area contributed by atoms with Crippen LogP contribution in [0.5, 0.6) is 0 Å². The minimum Gasteiger partial charge on any atom is -0.272 e. The number of hydrogen-bond acceptors (Lipinski definition) is 6. The van der Waals surface area contributed by atoms with E-state index < -0.39 is 0 Å². The first-order valence-electron chi connectivity index (χ1n) is 7.15. The lowest BCUT2D eigenvalue weighted by Crippen LogP contribution is -2.27. The molecule has 0 spiro atoms. The van der Waals surface area contributed by atoms with Gasteiger partial charge in [0.15, 0.2) is 4.34 Å². The van der Waals surface area contributed by atoms with Crippen LogP contribution in [0, 0.1) is 0 Å². The maximum Gasteiger partial charge on any atom is 0.253 e. The number of thiophene rings is 1. The van der Waals surface area contributed by atoms with E-state index in [9.17, 15) is 4.79 Å². The Bertz CT molecular complexity index is 870. The largest absolute Gasteiger partial charge is 0.272 e. The molecule has 0 unspecified atom stereocenters. The van der Waals surface area contributed by atoms with Crippen molar-refractivity contribution in [2.45, 2.75) is 23.4 Å². The van der Waals surface area contributed by atoms with Gasteiger partial charge in [-0.1, -0.05) is 35.5 Å². The highest BCUT2D eigenvalue weighted by atomic mass is 35.5. The lowest BCUT2D eigenvalue weighted by atomic mass is 10.3. The van der Waals surface area contributed by atoms with Gasteiger partial charge in [0.2, 0.25) is 0 Å². The predicted molar refractivity (Wildman–Crippen MR) is 105 cm³/mol. The molecule has 2 aromatic heterocycles. The van der Waals surface area contributed by atoms with Crippen LogP contribution < -0.4 is 5.43 Å². The molecular weight excluding hydrogens is 382 g/mol. The van der Waals surface area contributed by atoms with Gasteiger partial charge in [-0.2, -0.15) is 5.10 Å². The average molecular weight is 396 g/mol. The molecule has 1 atom stereocenters. The van der Waals surface area contributed by atoms with E-state index in [4.69, 9.17) is 11.6 Å². The summed E-state index contributed by atoms with van der Waals surface area (Å²) in [5, 5.41) is 3.87. The Morgan fingerprint density at radius 1 is 1.29 bits per heavy atom. The smallest absolute Gasteiger partial charge is 0.253 e. The van der Waals surface area contributed by atoms with Crippen molar-refractivity contribution in [1.82, 2.24) is 10.4 Å². The van der Waals surface area contributed by atoms with E-state index in [1.54, 1.807) is 11.3 Å². The van der Waals surface area contributed by atoms with Crippen molar-refractivity contribution in [3.8, 4) is 0 Å². The summed E-state index contributed by atoms with van der Waals surface area (Å²) >= 11 is 10.4. The number of thiazole rings is 1. The van der Waals surface area contributed by atoms with Gasteiger partial charge in [-0.25, -0.2) is 10.4 Å². The van der Waals surface area contributed by atoms with E-state index in [0.29, 0.717) is 4.34 Å². The molecule has 24 heavy (non-hydrogen) atoms. The van der Waals surface area contributed by atoms with Crippen molar-refractivity contribution < 1.29 is 4.79 Å². The number of carbonyl (C=O) groups is 1. The van der Waals surface area contributed by atoms with Crippen molar-refractivity contribution in [2.24, 2.45) is 5.10 Å². The first-order chi connectivity index (χ1) is 11.5. The van der Waals surface area contributed by atoms with Crippen molar-refractivity contribution >= 4 is 67.9 Å². The van der Waals surface area contributed by atoms with E-state index in [0.717, 1.165) is 25.1 Å². The van der Waals surface area contributed by atoms with Crippen LogP contribution in [0.25, 0.3) is 10.2 Å². The minimum absolute atomic E-state index is 0.152. The first kappa shape index (κ1) is 17.4. The number of aromatic nitrogens is 1. The lowest BCUT2D eigenvalue weighted by molar-refractivity contribution is -0.120. The molecule has 0 aliphatic rings. The first-order valence-corrected chi connectivity index (χ1v) is 10.0. The van der Waals surface area contributed by atoms with E-state index >= 15 is 0 Å². The van der Waals surface area contributed by atoms with Crippen molar-refractivity contribution in [2.75, 3.05) is 0 Å². The number of carbonyl (C=O) groups excluding carboxylic acids is 1. The number of nitrogens with zero attached hydrogens (tertiary/aromatic N) is 2. The van der Waals surface area contributed by atoms with Gasteiger partial charge in [0.05, 0.1) is 30.4 Å². The van der Waals surface area contributed by atoms with Gasteiger partial charge in [0.25, 0.3) is 5.91 Å². The van der Waals surface area contributed by atoms with E-state index in [-0.39, 0.29) is 11.2 Å². The normalized spacial score (nSPS) is 13.2. The fourth-order valence-corrected chi connectivity index (χ4v) is 5.09. The zero-order valence-electron chi connectivity index (χ0n) is 12.9. The van der Waals surface area contributed by atoms with Crippen LogP contribution in [0.4, 0.5) is 0 Å². The summed E-state index contributed by atoms with van der Waals surface area (Å²) < 4.78 is 2.70. The summed E-state index contributed by atoms with van der Waals surface area (Å²) in [6.07, 6.45) is 0. The van der Waals surface area contributed by atoms with Gasteiger partial charge < -0.3 is 0 Å². The van der Waals surface area contributed by atoms with E-state index in [1.807, 2.05) is 50.2 Å². The summed E-state index contributed by atoms with van der Waals surface area (Å²) in [4.78, 5) is 17.7. The highest BCUT2D eigenvalue weighted by molar-refractivity contribution is 8.02. The van der Waals surface area contributed by atoms with Gasteiger partial charge in [0, 0.05) is 0 Å². The molecule has 3 aromatic rings. The van der Waals surface area contributed by atoms with Gasteiger partial charge >= 0.3 is 0 Å². The van der Waals surface area contributed by atoms with E-state index in [1.165, 1.54) is 23.1 Å². The van der Waals surface area contributed by atoms with Crippen LogP contribution in [0.2, 0.25) is 4.34 Å². The molecule has 1 aromatic carbocycles. The van der Waals surface area contributed by atoms with Crippen molar-refractivity contribution in [3.05, 3.63) is 45.6 Å². The average Bonchev–Trinajstić information content (AvgIpc) is 3.17. The molecule has 0 aliphatic carbocycles.